The van der Waals surface area contributed by atoms with Crippen LogP contribution in [0.15, 0.2) is 64.0 Å². The fraction of sp³-hybridized carbons (Fsp3) is 0.409. The first-order chi connectivity index (χ1) is 14.5. The second-order valence-corrected chi connectivity index (χ2v) is 10.2. The van der Waals surface area contributed by atoms with Gasteiger partial charge in [-0.15, -0.1) is 0 Å². The van der Waals surface area contributed by atoms with Crippen molar-refractivity contribution in [3.05, 3.63) is 59.1 Å². The molecule has 0 atom stereocenters. The van der Waals surface area contributed by atoms with Crippen molar-refractivity contribution in [2.24, 2.45) is 0 Å². The largest absolute Gasteiger partial charge is 0.354 e. The second kappa shape index (κ2) is 10.9. The number of rotatable bonds is 9. The van der Waals surface area contributed by atoms with Crippen LogP contribution in [-0.4, -0.2) is 51.9 Å². The summed E-state index contributed by atoms with van der Waals surface area (Å²) in [4.78, 5) is 15.2. The summed E-state index contributed by atoms with van der Waals surface area (Å²) in [6.45, 7) is 3.48. The van der Waals surface area contributed by atoms with Gasteiger partial charge >= 0.3 is 0 Å². The van der Waals surface area contributed by atoms with Crippen LogP contribution in [0.4, 0.5) is 5.69 Å². The lowest BCUT2D eigenvalue weighted by molar-refractivity contribution is -0.119. The number of benzene rings is 2. The topological polar surface area (TPSA) is 69.7 Å². The first-order valence-electron chi connectivity index (χ1n) is 10.3. The first kappa shape index (κ1) is 22.8. The molecule has 30 heavy (non-hydrogen) atoms. The summed E-state index contributed by atoms with van der Waals surface area (Å²) in [5.41, 5.74) is 0.450. The Morgan fingerprint density at radius 1 is 1.00 bits per heavy atom. The van der Waals surface area contributed by atoms with Crippen LogP contribution in [-0.2, 0) is 14.8 Å². The molecular formula is C22H28BrN3O3S. The van der Waals surface area contributed by atoms with Crippen LogP contribution >= 0.6 is 15.9 Å². The molecule has 0 bridgehead atoms. The Hall–Kier alpha value is -1.90. The van der Waals surface area contributed by atoms with Crippen molar-refractivity contribution in [2.45, 2.75) is 30.6 Å². The van der Waals surface area contributed by atoms with Crippen molar-refractivity contribution in [1.82, 2.24) is 10.2 Å². The number of sulfonamides is 1. The maximum Gasteiger partial charge on any atom is 0.264 e. The Morgan fingerprint density at radius 3 is 2.33 bits per heavy atom. The molecule has 162 valence electrons. The summed E-state index contributed by atoms with van der Waals surface area (Å²) in [5, 5.41) is 2.88. The lowest BCUT2D eigenvalue weighted by Crippen LogP contribution is -2.41. The molecule has 8 heteroatoms. The average Bonchev–Trinajstić information content (AvgIpc) is 2.77. The normalized spacial score (nSPS) is 15.0. The maximum absolute atomic E-state index is 13.2. The number of likely N-dealkylation sites (tertiary alicyclic amines) is 1. The van der Waals surface area contributed by atoms with Crippen LogP contribution in [0, 0.1) is 0 Å². The van der Waals surface area contributed by atoms with E-state index in [2.05, 4.69) is 26.1 Å². The first-order valence-corrected chi connectivity index (χ1v) is 12.5. The van der Waals surface area contributed by atoms with E-state index < -0.39 is 10.0 Å². The number of carbonyl (C=O) groups is 1. The van der Waals surface area contributed by atoms with Gasteiger partial charge in [0.1, 0.15) is 6.54 Å². The third kappa shape index (κ3) is 6.30. The van der Waals surface area contributed by atoms with E-state index in [4.69, 9.17) is 0 Å². The molecule has 0 saturated carbocycles. The molecule has 1 amide bonds. The molecule has 1 fully saturated rings. The Morgan fingerprint density at radius 2 is 1.67 bits per heavy atom. The standard InChI is InChI=1S/C22H28BrN3O3S/c23-19-10-12-20(13-11-19)26(30(28,29)21-8-3-1-4-9-21)18-22(27)24-14-7-17-25-15-5-2-6-16-25/h1,3-4,8-13H,2,5-7,14-18H2,(H,24,27). The third-order valence-corrected chi connectivity index (χ3v) is 7.47. The molecule has 0 radical (unpaired) electrons. The molecule has 6 nitrogen and oxygen atoms in total. The molecule has 1 aliphatic heterocycles. The van der Waals surface area contributed by atoms with Crippen LogP contribution in [0.3, 0.4) is 0 Å². The number of anilines is 1. The number of nitrogens with one attached hydrogen (secondary N) is 1. The number of amides is 1. The summed E-state index contributed by atoms with van der Waals surface area (Å²) in [6.07, 6.45) is 4.64. The quantitative estimate of drug-likeness (QED) is 0.541. The van der Waals surface area contributed by atoms with E-state index in [-0.39, 0.29) is 17.3 Å². The molecule has 0 spiro atoms. The monoisotopic (exact) mass is 493 g/mol. The van der Waals surface area contributed by atoms with Crippen molar-refractivity contribution in [3.63, 3.8) is 0 Å². The van der Waals surface area contributed by atoms with Gasteiger partial charge in [0.05, 0.1) is 10.6 Å². The van der Waals surface area contributed by atoms with Gasteiger partial charge in [0.25, 0.3) is 10.0 Å². The number of hydrogen-bond donors (Lipinski definition) is 1. The highest BCUT2D eigenvalue weighted by molar-refractivity contribution is 9.10. The van der Waals surface area contributed by atoms with Crippen LogP contribution in [0.5, 0.6) is 0 Å². The molecule has 2 aromatic carbocycles. The summed E-state index contributed by atoms with van der Waals surface area (Å²) in [5.74, 6) is -0.309. The number of carbonyl (C=O) groups excluding carboxylic acids is 1. The number of halogens is 1. The third-order valence-electron chi connectivity index (χ3n) is 5.15. The minimum absolute atomic E-state index is 0.158. The van der Waals surface area contributed by atoms with Gasteiger partial charge in [0, 0.05) is 11.0 Å². The number of nitrogens with zero attached hydrogens (tertiary/aromatic N) is 2. The van der Waals surface area contributed by atoms with Gasteiger partial charge in [-0.05, 0) is 75.3 Å². The zero-order chi connectivity index (χ0) is 21.4. The fourth-order valence-corrected chi connectivity index (χ4v) is 5.25. The fourth-order valence-electron chi connectivity index (χ4n) is 3.54. The molecule has 1 N–H and O–H groups in total. The van der Waals surface area contributed by atoms with Gasteiger partial charge in [0.2, 0.25) is 5.91 Å². The minimum atomic E-state index is -3.86. The zero-order valence-corrected chi connectivity index (χ0v) is 19.4. The van der Waals surface area contributed by atoms with Crippen molar-refractivity contribution >= 4 is 37.5 Å². The molecule has 0 unspecified atom stereocenters. The van der Waals surface area contributed by atoms with Gasteiger partial charge in [-0.25, -0.2) is 8.42 Å². The molecule has 3 rings (SSSR count). The van der Waals surface area contributed by atoms with Crippen LogP contribution in [0.2, 0.25) is 0 Å². The summed E-state index contributed by atoms with van der Waals surface area (Å²) < 4.78 is 28.4. The van der Waals surface area contributed by atoms with E-state index in [0.717, 1.165) is 34.8 Å². The van der Waals surface area contributed by atoms with E-state index in [9.17, 15) is 13.2 Å². The molecule has 2 aromatic rings. The van der Waals surface area contributed by atoms with Crippen LogP contribution in [0.1, 0.15) is 25.7 Å². The number of piperidine rings is 1. The molecule has 0 aromatic heterocycles. The minimum Gasteiger partial charge on any atom is -0.354 e. The van der Waals surface area contributed by atoms with Gasteiger partial charge in [0.15, 0.2) is 0 Å². The maximum atomic E-state index is 13.2. The van der Waals surface area contributed by atoms with E-state index in [0.29, 0.717) is 12.2 Å². The smallest absolute Gasteiger partial charge is 0.264 e. The Balaban J connectivity index is 1.65. The molecule has 1 saturated heterocycles. The Bertz CT molecular complexity index is 914. The van der Waals surface area contributed by atoms with E-state index >= 15 is 0 Å². The van der Waals surface area contributed by atoms with Crippen molar-refractivity contribution in [1.29, 1.82) is 0 Å². The van der Waals surface area contributed by atoms with E-state index in [1.54, 1.807) is 42.5 Å². The van der Waals surface area contributed by atoms with Gasteiger partial charge in [-0.3, -0.25) is 9.10 Å². The predicted octanol–water partition coefficient (Wildman–Crippen LogP) is 3.64. The molecule has 1 heterocycles. The molecule has 1 aliphatic rings. The second-order valence-electron chi connectivity index (χ2n) is 7.41. The number of hydrogen-bond acceptors (Lipinski definition) is 4. The van der Waals surface area contributed by atoms with Crippen molar-refractivity contribution in [3.8, 4) is 0 Å². The Kier molecular flexibility index (Phi) is 8.30. The highest BCUT2D eigenvalue weighted by Gasteiger charge is 2.27. The summed E-state index contributed by atoms with van der Waals surface area (Å²) in [6, 6.07) is 15.1. The van der Waals surface area contributed by atoms with Crippen molar-refractivity contribution in [2.75, 3.05) is 37.0 Å². The summed E-state index contributed by atoms with van der Waals surface area (Å²) >= 11 is 3.36. The lowest BCUT2D eigenvalue weighted by Gasteiger charge is -2.26. The van der Waals surface area contributed by atoms with Gasteiger partial charge in [-0.1, -0.05) is 40.5 Å². The summed E-state index contributed by atoms with van der Waals surface area (Å²) in [7, 11) is -3.86. The van der Waals surface area contributed by atoms with Gasteiger partial charge in [-0.2, -0.15) is 0 Å². The lowest BCUT2D eigenvalue weighted by atomic mass is 10.1. The Labute approximate surface area is 187 Å². The van der Waals surface area contributed by atoms with E-state index in [1.165, 1.54) is 31.4 Å². The highest BCUT2D eigenvalue weighted by Crippen LogP contribution is 2.25. The molecule has 0 aliphatic carbocycles. The zero-order valence-electron chi connectivity index (χ0n) is 17.0. The predicted molar refractivity (Wildman–Crippen MR) is 123 cm³/mol. The van der Waals surface area contributed by atoms with Crippen LogP contribution in [0.25, 0.3) is 0 Å². The SMILES string of the molecule is O=C(CN(c1ccc(Br)cc1)S(=O)(=O)c1ccccc1)NCCCN1CCCCC1. The average molecular weight is 494 g/mol. The van der Waals surface area contributed by atoms with E-state index in [1.807, 2.05) is 0 Å². The van der Waals surface area contributed by atoms with Crippen LogP contribution < -0.4 is 9.62 Å². The molecular weight excluding hydrogens is 466 g/mol. The van der Waals surface area contributed by atoms with Crippen molar-refractivity contribution < 1.29 is 13.2 Å². The van der Waals surface area contributed by atoms with Gasteiger partial charge < -0.3 is 10.2 Å². The highest BCUT2D eigenvalue weighted by atomic mass is 79.9.